The van der Waals surface area contributed by atoms with Crippen molar-refractivity contribution in [1.82, 2.24) is 0 Å². The Bertz CT molecular complexity index is 780. The molecule has 1 heterocycles. The maximum atomic E-state index is 12.8. The van der Waals surface area contributed by atoms with Crippen LogP contribution in [0.5, 0.6) is 5.75 Å². The third kappa shape index (κ3) is 4.02. The molecule has 1 aromatic heterocycles. The number of aliphatic imine (C=N–C) groups is 1. The fourth-order valence-corrected chi connectivity index (χ4v) is 2.48. The Kier molecular flexibility index (Phi) is 5.40. The largest absolute Gasteiger partial charge is 0.506 e. The molecule has 0 aliphatic heterocycles. The first kappa shape index (κ1) is 17.7. The van der Waals surface area contributed by atoms with E-state index in [2.05, 4.69) is 4.99 Å². The number of Topliss-reactive ketones (excluding diaryl/α,β-unsaturated/α-hetero) is 1. The summed E-state index contributed by atoms with van der Waals surface area (Å²) in [6.07, 6.45) is -4.43. The molecule has 2 rings (SSSR count). The van der Waals surface area contributed by atoms with E-state index in [-0.39, 0.29) is 10.6 Å². The maximum absolute atomic E-state index is 12.8. The maximum Gasteiger partial charge on any atom is 0.455 e. The van der Waals surface area contributed by atoms with Crippen molar-refractivity contribution in [3.63, 3.8) is 0 Å². The highest BCUT2D eigenvalue weighted by atomic mass is 32.1. The third-order valence-electron chi connectivity index (χ3n) is 2.93. The molecule has 0 spiro atoms. The third-order valence-corrected chi connectivity index (χ3v) is 3.81. The summed E-state index contributed by atoms with van der Waals surface area (Å²) in [4.78, 5) is 15.6. The topological polar surface area (TPSA) is 58.9 Å². The van der Waals surface area contributed by atoms with E-state index in [1.165, 1.54) is 19.2 Å². The molecule has 24 heavy (non-hydrogen) atoms. The number of hydrogen-bond donors (Lipinski definition) is 1. The second-order valence-electron chi connectivity index (χ2n) is 4.50. The van der Waals surface area contributed by atoms with Crippen LogP contribution in [0.25, 0.3) is 5.76 Å². The molecule has 0 amide bonds. The number of ketones is 1. The monoisotopic (exact) mass is 355 g/mol. The molecule has 0 aliphatic carbocycles. The molecule has 0 radical (unpaired) electrons. The van der Waals surface area contributed by atoms with Crippen molar-refractivity contribution in [2.24, 2.45) is 4.99 Å². The fraction of sp³-hybridized carbons (Fsp3) is 0.125. The van der Waals surface area contributed by atoms with Gasteiger partial charge in [-0.05, 0) is 23.6 Å². The molecule has 0 saturated heterocycles. The van der Waals surface area contributed by atoms with Crippen molar-refractivity contribution in [2.75, 3.05) is 7.11 Å². The summed E-state index contributed by atoms with van der Waals surface area (Å²) in [5, 5.41) is 11.6. The van der Waals surface area contributed by atoms with Gasteiger partial charge in [0.2, 0.25) is 0 Å². The van der Waals surface area contributed by atoms with Crippen LogP contribution in [0.2, 0.25) is 0 Å². The quantitative estimate of drug-likeness (QED) is 0.486. The summed E-state index contributed by atoms with van der Waals surface area (Å²) in [5.41, 5.74) is -0.706. The number of allylic oxidation sites excluding steroid dienone is 1. The van der Waals surface area contributed by atoms with Crippen molar-refractivity contribution in [3.05, 3.63) is 52.2 Å². The first-order valence-electron chi connectivity index (χ1n) is 6.60. The van der Waals surface area contributed by atoms with Gasteiger partial charge in [-0.15, -0.1) is 11.3 Å². The van der Waals surface area contributed by atoms with Gasteiger partial charge in [0.1, 0.15) is 17.2 Å². The molecule has 0 saturated carbocycles. The van der Waals surface area contributed by atoms with Gasteiger partial charge in [0.25, 0.3) is 5.78 Å². The number of ether oxygens (including phenoxy) is 1. The average molecular weight is 355 g/mol. The number of benzene rings is 1. The van der Waals surface area contributed by atoms with Crippen LogP contribution in [0.3, 0.4) is 0 Å². The van der Waals surface area contributed by atoms with Gasteiger partial charge < -0.3 is 9.84 Å². The predicted molar refractivity (Wildman–Crippen MR) is 86.1 cm³/mol. The normalized spacial score (nSPS) is 13.0. The number of rotatable bonds is 5. The molecular weight excluding hydrogens is 343 g/mol. The first-order chi connectivity index (χ1) is 11.3. The van der Waals surface area contributed by atoms with Crippen LogP contribution in [-0.2, 0) is 4.79 Å². The van der Waals surface area contributed by atoms with Crippen molar-refractivity contribution in [2.45, 2.75) is 6.18 Å². The number of nitrogens with zero attached hydrogens (tertiary/aromatic N) is 1. The summed E-state index contributed by atoms with van der Waals surface area (Å²) in [5.74, 6) is -2.62. The lowest BCUT2D eigenvalue weighted by Gasteiger charge is -2.08. The Morgan fingerprint density at radius 3 is 2.54 bits per heavy atom. The van der Waals surface area contributed by atoms with Crippen molar-refractivity contribution in [1.29, 1.82) is 0 Å². The molecule has 0 unspecified atom stereocenters. The van der Waals surface area contributed by atoms with Gasteiger partial charge in [-0.1, -0.05) is 18.2 Å². The number of alkyl halides is 3. The predicted octanol–water partition coefficient (Wildman–Crippen LogP) is 4.56. The van der Waals surface area contributed by atoms with E-state index in [0.29, 0.717) is 12.0 Å². The Balaban J connectivity index is 2.50. The summed E-state index contributed by atoms with van der Waals surface area (Å²) in [6.45, 7) is 0. The number of methoxy groups -OCH3 is 1. The lowest BCUT2D eigenvalue weighted by molar-refractivity contribution is -0.165. The summed E-state index contributed by atoms with van der Waals surface area (Å²) < 4.78 is 43.4. The molecule has 4 nitrogen and oxygen atoms in total. The zero-order chi connectivity index (χ0) is 17.7. The summed E-state index contributed by atoms with van der Waals surface area (Å²) >= 11 is 1.00. The van der Waals surface area contributed by atoms with Gasteiger partial charge >= 0.3 is 6.18 Å². The Morgan fingerprint density at radius 1 is 1.25 bits per heavy atom. The molecule has 0 bridgehead atoms. The highest BCUT2D eigenvalue weighted by molar-refractivity contribution is 7.11. The minimum atomic E-state index is -5.13. The van der Waals surface area contributed by atoms with Crippen LogP contribution < -0.4 is 4.74 Å². The van der Waals surface area contributed by atoms with E-state index in [1.54, 1.807) is 29.6 Å². The number of carbonyl (C=O) groups is 1. The lowest BCUT2D eigenvalue weighted by Crippen LogP contribution is -2.26. The molecule has 126 valence electrons. The molecule has 1 N–H and O–H groups in total. The van der Waals surface area contributed by atoms with Crippen LogP contribution in [0.4, 0.5) is 18.9 Å². The second kappa shape index (κ2) is 7.31. The Labute approximate surface area is 139 Å². The molecule has 0 fully saturated rings. The van der Waals surface area contributed by atoms with E-state index in [9.17, 15) is 23.1 Å². The standard InChI is InChI=1S/C16H12F3NO3S/c1-23-12-6-3-2-5-11(12)20-9-10(15(22)16(17,18)19)14(21)13-7-4-8-24-13/h2-9,21H,1H3/b14-10-,20-9?. The summed E-state index contributed by atoms with van der Waals surface area (Å²) in [7, 11) is 1.38. The molecular formula is C16H12F3NO3S. The molecule has 1 aromatic carbocycles. The Morgan fingerprint density at radius 2 is 1.96 bits per heavy atom. The van der Waals surface area contributed by atoms with Crippen LogP contribution in [0.15, 0.2) is 52.3 Å². The minimum absolute atomic E-state index is 0.133. The zero-order valence-corrected chi connectivity index (χ0v) is 13.2. The van der Waals surface area contributed by atoms with E-state index in [0.717, 1.165) is 11.3 Å². The molecule has 0 atom stereocenters. The zero-order valence-electron chi connectivity index (χ0n) is 12.4. The highest BCUT2D eigenvalue weighted by Crippen LogP contribution is 2.29. The SMILES string of the molecule is COc1ccccc1N=C/C(C(=O)C(F)(F)F)=C(/O)c1cccs1. The summed E-state index contributed by atoms with van der Waals surface area (Å²) in [6, 6.07) is 9.31. The van der Waals surface area contributed by atoms with Crippen LogP contribution in [0.1, 0.15) is 4.88 Å². The van der Waals surface area contributed by atoms with E-state index < -0.39 is 23.3 Å². The number of thiophene rings is 1. The van der Waals surface area contributed by atoms with E-state index in [1.807, 2.05) is 0 Å². The number of halogens is 3. The van der Waals surface area contributed by atoms with E-state index >= 15 is 0 Å². The number of hydrogen-bond acceptors (Lipinski definition) is 5. The number of carbonyl (C=O) groups excluding carboxylic acids is 1. The smallest absolute Gasteiger partial charge is 0.455 e. The van der Waals surface area contributed by atoms with Crippen LogP contribution in [0, 0.1) is 0 Å². The van der Waals surface area contributed by atoms with Gasteiger partial charge in [0, 0.05) is 6.21 Å². The minimum Gasteiger partial charge on any atom is -0.506 e. The molecule has 0 aliphatic rings. The van der Waals surface area contributed by atoms with Gasteiger partial charge in [0.15, 0.2) is 0 Å². The molecule has 8 heteroatoms. The first-order valence-corrected chi connectivity index (χ1v) is 7.48. The average Bonchev–Trinajstić information content (AvgIpc) is 3.08. The fourth-order valence-electron chi connectivity index (χ4n) is 1.80. The van der Waals surface area contributed by atoms with Gasteiger partial charge in [-0.25, -0.2) is 0 Å². The van der Waals surface area contributed by atoms with Crippen molar-refractivity contribution >= 4 is 34.8 Å². The second-order valence-corrected chi connectivity index (χ2v) is 5.44. The van der Waals surface area contributed by atoms with Crippen molar-refractivity contribution in [3.8, 4) is 5.75 Å². The number of para-hydroxylation sites is 2. The van der Waals surface area contributed by atoms with Gasteiger partial charge in [-0.3, -0.25) is 9.79 Å². The number of aliphatic hydroxyl groups excluding tert-OH is 1. The van der Waals surface area contributed by atoms with Crippen LogP contribution >= 0.6 is 11.3 Å². The van der Waals surface area contributed by atoms with Crippen LogP contribution in [-0.4, -0.2) is 30.4 Å². The van der Waals surface area contributed by atoms with E-state index in [4.69, 9.17) is 4.74 Å². The highest BCUT2D eigenvalue weighted by Gasteiger charge is 2.41. The Hall–Kier alpha value is -2.61. The van der Waals surface area contributed by atoms with Gasteiger partial charge in [-0.2, -0.15) is 13.2 Å². The molecule has 2 aromatic rings. The lowest BCUT2D eigenvalue weighted by atomic mass is 10.1. The number of aliphatic hydroxyl groups is 1. The van der Waals surface area contributed by atoms with Crippen molar-refractivity contribution < 1.29 is 27.8 Å². The van der Waals surface area contributed by atoms with Gasteiger partial charge in [0.05, 0.1) is 17.6 Å².